The molecule has 0 fully saturated rings. The molecule has 0 aliphatic heterocycles. The van der Waals surface area contributed by atoms with Crippen LogP contribution < -0.4 is 20.1 Å². The summed E-state index contributed by atoms with van der Waals surface area (Å²) in [6.07, 6.45) is 3.29. The first-order valence-electron chi connectivity index (χ1n) is 10.4. The van der Waals surface area contributed by atoms with Crippen LogP contribution in [-0.2, 0) is 22.6 Å². The summed E-state index contributed by atoms with van der Waals surface area (Å²) in [5, 5.41) is 9.33. The first-order valence-corrected chi connectivity index (χ1v) is 10.4. The second kappa shape index (κ2) is 11.0. The van der Waals surface area contributed by atoms with Gasteiger partial charge in [0, 0.05) is 18.8 Å². The molecule has 0 atom stereocenters. The largest absolute Gasteiger partial charge is 0.493 e. The molecule has 0 unspecified atom stereocenters. The van der Waals surface area contributed by atoms with Gasteiger partial charge in [0.05, 0.1) is 24.8 Å². The van der Waals surface area contributed by atoms with Crippen LogP contribution in [0, 0.1) is 13.8 Å². The fourth-order valence-electron chi connectivity index (χ4n) is 3.17. The molecule has 0 aliphatic carbocycles. The second-order valence-electron chi connectivity index (χ2n) is 7.33. The van der Waals surface area contributed by atoms with Crippen molar-refractivity contribution < 1.29 is 23.6 Å². The molecule has 0 radical (unpaired) electrons. The Morgan fingerprint density at radius 1 is 1.12 bits per heavy atom. The van der Waals surface area contributed by atoms with E-state index in [0.29, 0.717) is 29.6 Å². The Morgan fingerprint density at radius 2 is 1.91 bits per heavy atom. The van der Waals surface area contributed by atoms with Crippen molar-refractivity contribution in [1.29, 1.82) is 0 Å². The van der Waals surface area contributed by atoms with Gasteiger partial charge in [-0.15, -0.1) is 0 Å². The normalized spacial score (nSPS) is 10.8. The lowest BCUT2D eigenvalue weighted by Gasteiger charge is -2.11. The molecule has 172 valence electrons. The van der Waals surface area contributed by atoms with Gasteiger partial charge in [-0.05, 0) is 49.2 Å². The molecule has 3 rings (SSSR count). The minimum absolute atomic E-state index is 0.129. The maximum absolute atomic E-state index is 12.4. The number of methoxy groups -OCH3 is 1. The topological polar surface area (TPSA) is 103 Å². The van der Waals surface area contributed by atoms with E-state index in [-0.39, 0.29) is 18.2 Å². The highest BCUT2D eigenvalue weighted by molar-refractivity contribution is 6.02. The molecule has 8 heteroatoms. The first kappa shape index (κ1) is 23.6. The molecule has 33 heavy (non-hydrogen) atoms. The lowest BCUT2D eigenvalue weighted by atomic mass is 10.1. The summed E-state index contributed by atoms with van der Waals surface area (Å²) in [5.74, 6) is 1.39. The lowest BCUT2D eigenvalue weighted by molar-refractivity contribution is -0.120. The number of para-hydroxylation sites is 1. The lowest BCUT2D eigenvalue weighted by Crippen LogP contribution is -2.21. The molecule has 2 aromatic carbocycles. The third kappa shape index (κ3) is 6.22. The number of carbonyl (C=O) groups is 2. The van der Waals surface area contributed by atoms with Crippen LogP contribution in [0.15, 0.2) is 53.1 Å². The van der Waals surface area contributed by atoms with Crippen molar-refractivity contribution in [2.45, 2.75) is 26.9 Å². The van der Waals surface area contributed by atoms with Crippen LogP contribution in [0.1, 0.15) is 28.1 Å². The number of hydrogen-bond acceptors (Lipinski definition) is 6. The fraction of sp³-hybridized carbons (Fsp3) is 0.240. The summed E-state index contributed by atoms with van der Waals surface area (Å²) in [7, 11) is 3.13. The van der Waals surface area contributed by atoms with Gasteiger partial charge in [0.15, 0.2) is 11.5 Å². The predicted molar refractivity (Wildman–Crippen MR) is 125 cm³/mol. The van der Waals surface area contributed by atoms with Gasteiger partial charge >= 0.3 is 0 Å². The van der Waals surface area contributed by atoms with Crippen molar-refractivity contribution in [2.75, 3.05) is 19.5 Å². The Labute approximate surface area is 192 Å². The van der Waals surface area contributed by atoms with Crippen molar-refractivity contribution >= 4 is 23.6 Å². The summed E-state index contributed by atoms with van der Waals surface area (Å²) >= 11 is 0. The van der Waals surface area contributed by atoms with Gasteiger partial charge in [-0.1, -0.05) is 29.4 Å². The quantitative estimate of drug-likeness (QED) is 0.482. The Morgan fingerprint density at radius 3 is 2.61 bits per heavy atom. The second-order valence-corrected chi connectivity index (χ2v) is 7.33. The minimum Gasteiger partial charge on any atom is -0.493 e. The van der Waals surface area contributed by atoms with Crippen molar-refractivity contribution in [1.82, 2.24) is 10.5 Å². The average molecular weight is 450 g/mol. The van der Waals surface area contributed by atoms with E-state index in [1.165, 1.54) is 6.08 Å². The maximum atomic E-state index is 12.4. The number of nitrogens with one attached hydrogen (secondary N) is 2. The highest BCUT2D eigenvalue weighted by Crippen LogP contribution is 2.30. The Bertz CT molecular complexity index is 1150. The molecule has 2 N–H and O–H groups in total. The van der Waals surface area contributed by atoms with Crippen molar-refractivity contribution in [3.8, 4) is 11.5 Å². The van der Waals surface area contributed by atoms with Crippen LogP contribution in [0.2, 0.25) is 0 Å². The van der Waals surface area contributed by atoms with Crippen molar-refractivity contribution in [3.63, 3.8) is 0 Å². The van der Waals surface area contributed by atoms with E-state index >= 15 is 0 Å². The highest BCUT2D eigenvalue weighted by atomic mass is 16.5. The third-order valence-electron chi connectivity index (χ3n) is 5.07. The van der Waals surface area contributed by atoms with E-state index in [1.54, 1.807) is 50.6 Å². The van der Waals surface area contributed by atoms with E-state index in [1.807, 2.05) is 26.0 Å². The van der Waals surface area contributed by atoms with Crippen molar-refractivity contribution in [3.05, 3.63) is 76.7 Å². The van der Waals surface area contributed by atoms with Crippen LogP contribution >= 0.6 is 0 Å². The monoisotopic (exact) mass is 449 g/mol. The highest BCUT2D eigenvalue weighted by Gasteiger charge is 2.12. The van der Waals surface area contributed by atoms with Crippen LogP contribution in [-0.4, -0.2) is 31.1 Å². The van der Waals surface area contributed by atoms with E-state index < -0.39 is 0 Å². The zero-order valence-corrected chi connectivity index (χ0v) is 19.1. The van der Waals surface area contributed by atoms with Gasteiger partial charge in [0.1, 0.15) is 12.4 Å². The molecule has 0 spiro atoms. The Balaban J connectivity index is 1.66. The smallest absolute Gasteiger partial charge is 0.248 e. The van der Waals surface area contributed by atoms with E-state index in [9.17, 15) is 9.59 Å². The van der Waals surface area contributed by atoms with Crippen LogP contribution in [0.4, 0.5) is 5.69 Å². The molecule has 8 nitrogen and oxygen atoms in total. The Kier molecular flexibility index (Phi) is 7.86. The molecule has 1 heterocycles. The summed E-state index contributed by atoms with van der Waals surface area (Å²) in [4.78, 5) is 24.1. The minimum atomic E-state index is -0.308. The number of carbonyl (C=O) groups excluding carboxylic acids is 2. The van der Waals surface area contributed by atoms with Crippen LogP contribution in [0.25, 0.3) is 6.08 Å². The number of nitrogens with zero attached hydrogens (tertiary/aromatic N) is 1. The number of likely N-dealkylation sites (N-methyl/N-ethyl adjacent to an activating group) is 1. The number of rotatable bonds is 9. The molecule has 0 bridgehead atoms. The zero-order valence-electron chi connectivity index (χ0n) is 19.1. The molecule has 3 aromatic rings. The standard InChI is InChI=1S/C25H27N3O5/c1-16-20(17(2)33-28-16)15-32-22-11-9-18(13-23(22)31-4)10-12-24(29)27-21-8-6-5-7-19(21)14-25(30)26-3/h5-13H,14-15H2,1-4H3,(H,26,30)(H,27,29). The van der Waals surface area contributed by atoms with Crippen LogP contribution in [0.5, 0.6) is 11.5 Å². The Hall–Kier alpha value is -4.07. The van der Waals surface area contributed by atoms with Gasteiger partial charge in [-0.25, -0.2) is 0 Å². The first-order chi connectivity index (χ1) is 15.9. The van der Waals surface area contributed by atoms with Crippen molar-refractivity contribution in [2.24, 2.45) is 0 Å². The molecule has 0 aliphatic rings. The summed E-state index contributed by atoms with van der Waals surface area (Å²) in [5.41, 5.74) is 3.78. The predicted octanol–water partition coefficient (Wildman–Crippen LogP) is 3.82. The molecule has 0 saturated heterocycles. The molecule has 1 aromatic heterocycles. The SMILES string of the molecule is CNC(=O)Cc1ccccc1NC(=O)C=Cc1ccc(OCc2c(C)noc2C)c(OC)c1. The summed E-state index contributed by atoms with van der Waals surface area (Å²) in [6.45, 7) is 4.01. The van der Waals surface area contributed by atoms with E-state index in [4.69, 9.17) is 14.0 Å². The number of anilines is 1. The number of aromatic nitrogens is 1. The summed E-state index contributed by atoms with van der Waals surface area (Å²) < 4.78 is 16.5. The van der Waals surface area contributed by atoms with E-state index in [0.717, 1.165) is 22.4 Å². The molecule has 0 saturated carbocycles. The van der Waals surface area contributed by atoms with Gasteiger partial charge in [0.2, 0.25) is 11.8 Å². The zero-order chi connectivity index (χ0) is 23.8. The van der Waals surface area contributed by atoms with Gasteiger partial charge in [-0.3, -0.25) is 9.59 Å². The maximum Gasteiger partial charge on any atom is 0.248 e. The molecule has 2 amide bonds. The third-order valence-corrected chi connectivity index (χ3v) is 5.07. The number of aryl methyl sites for hydroxylation is 2. The van der Waals surface area contributed by atoms with Crippen LogP contribution in [0.3, 0.4) is 0 Å². The van der Waals surface area contributed by atoms with Gasteiger partial charge in [-0.2, -0.15) is 0 Å². The summed E-state index contributed by atoms with van der Waals surface area (Å²) in [6, 6.07) is 12.6. The van der Waals surface area contributed by atoms with Gasteiger partial charge < -0.3 is 24.6 Å². The van der Waals surface area contributed by atoms with E-state index in [2.05, 4.69) is 15.8 Å². The molecular weight excluding hydrogens is 422 g/mol. The fourth-order valence-corrected chi connectivity index (χ4v) is 3.17. The molecular formula is C25H27N3O5. The number of amides is 2. The number of benzene rings is 2. The average Bonchev–Trinajstić information content (AvgIpc) is 3.14. The number of hydrogen-bond donors (Lipinski definition) is 2. The number of ether oxygens (including phenoxy) is 2. The van der Waals surface area contributed by atoms with Gasteiger partial charge in [0.25, 0.3) is 0 Å².